The molecule has 19 heavy (non-hydrogen) atoms. The zero-order valence-corrected chi connectivity index (χ0v) is 11.5. The fourth-order valence-electron chi connectivity index (χ4n) is 1.74. The molecule has 0 spiro atoms. The van der Waals surface area contributed by atoms with Gasteiger partial charge in [0.1, 0.15) is 6.04 Å². The van der Waals surface area contributed by atoms with Gasteiger partial charge in [0, 0.05) is 5.56 Å². The molecule has 0 saturated carbocycles. The minimum atomic E-state index is -0.171. The number of benzene rings is 1. The maximum atomic E-state index is 10.9. The molecule has 0 bridgehead atoms. The molecule has 0 aliphatic carbocycles. The summed E-state index contributed by atoms with van der Waals surface area (Å²) in [5, 5.41) is 4.50. The van der Waals surface area contributed by atoms with Crippen molar-refractivity contribution in [2.24, 2.45) is 11.2 Å². The van der Waals surface area contributed by atoms with Crippen molar-refractivity contribution in [2.75, 3.05) is 6.54 Å². The predicted octanol–water partition coefficient (Wildman–Crippen LogP) is 3.62. The van der Waals surface area contributed by atoms with Crippen LogP contribution in [0.2, 0.25) is 0 Å². The van der Waals surface area contributed by atoms with E-state index in [-0.39, 0.29) is 6.04 Å². The third-order valence-corrected chi connectivity index (χ3v) is 2.63. The summed E-state index contributed by atoms with van der Waals surface area (Å²) in [5.41, 5.74) is 0.945. The molecule has 1 unspecified atom stereocenters. The van der Waals surface area contributed by atoms with Crippen LogP contribution in [0.3, 0.4) is 0 Å². The van der Waals surface area contributed by atoms with Crippen LogP contribution in [0.1, 0.15) is 25.8 Å². The Balaban J connectivity index is 2.88. The second-order valence-electron chi connectivity index (χ2n) is 4.77. The molecule has 0 heterocycles. The Kier molecular flexibility index (Phi) is 6.38. The minimum Gasteiger partial charge on any atom is -0.242 e. The topological polar surface area (TPSA) is 32.7 Å². The van der Waals surface area contributed by atoms with Gasteiger partial charge in [-0.1, -0.05) is 50.0 Å². The largest absolute Gasteiger partial charge is 0.242 e. The van der Waals surface area contributed by atoms with Gasteiger partial charge in [0.05, 0.1) is 11.8 Å². The van der Waals surface area contributed by atoms with Gasteiger partial charge in [-0.05, 0) is 24.5 Å². The van der Waals surface area contributed by atoms with Crippen molar-refractivity contribution in [3.63, 3.8) is 0 Å². The van der Waals surface area contributed by atoms with Gasteiger partial charge in [-0.3, -0.25) is 0 Å². The standard InChI is InChI=1S/C16H20N2O/c1-4-12-18(17-19)16(13-14(2)3)11-10-15-8-6-5-7-9-15/h4-9,14,16H,1,12-13H2,2-3H3. The van der Waals surface area contributed by atoms with Crippen molar-refractivity contribution in [3.8, 4) is 11.8 Å². The molecule has 0 N–H and O–H groups in total. The Morgan fingerprint density at radius 3 is 2.58 bits per heavy atom. The van der Waals surface area contributed by atoms with E-state index in [0.29, 0.717) is 12.5 Å². The lowest BCUT2D eigenvalue weighted by atomic mass is 10.0. The van der Waals surface area contributed by atoms with Crippen LogP contribution < -0.4 is 0 Å². The van der Waals surface area contributed by atoms with Crippen LogP contribution in [0.4, 0.5) is 0 Å². The summed E-state index contributed by atoms with van der Waals surface area (Å²) in [7, 11) is 0. The van der Waals surface area contributed by atoms with E-state index in [1.807, 2.05) is 30.3 Å². The first-order valence-corrected chi connectivity index (χ1v) is 6.44. The molecule has 0 aromatic heterocycles. The van der Waals surface area contributed by atoms with Crippen LogP contribution in [-0.4, -0.2) is 17.6 Å². The van der Waals surface area contributed by atoms with Crippen molar-refractivity contribution in [1.29, 1.82) is 0 Å². The Bertz CT molecular complexity index is 457. The van der Waals surface area contributed by atoms with Crippen LogP contribution in [0.15, 0.2) is 48.3 Å². The van der Waals surface area contributed by atoms with E-state index in [0.717, 1.165) is 12.0 Å². The summed E-state index contributed by atoms with van der Waals surface area (Å²) in [6.07, 6.45) is 2.47. The molecule has 3 heteroatoms. The molecule has 1 aromatic rings. The van der Waals surface area contributed by atoms with Gasteiger partial charge >= 0.3 is 0 Å². The molecule has 0 aliphatic heterocycles. The minimum absolute atomic E-state index is 0.171. The van der Waals surface area contributed by atoms with Crippen molar-refractivity contribution >= 4 is 0 Å². The lowest BCUT2D eigenvalue weighted by molar-refractivity contribution is 0.242. The quantitative estimate of drug-likeness (QED) is 0.337. The summed E-state index contributed by atoms with van der Waals surface area (Å²) in [6, 6.07) is 9.57. The molecule has 0 amide bonds. The first-order chi connectivity index (χ1) is 9.17. The summed E-state index contributed by atoms with van der Waals surface area (Å²) in [5.74, 6) is 6.68. The molecular formula is C16H20N2O. The number of hydrogen-bond acceptors (Lipinski definition) is 2. The van der Waals surface area contributed by atoms with Crippen molar-refractivity contribution in [1.82, 2.24) is 5.01 Å². The van der Waals surface area contributed by atoms with Crippen molar-refractivity contribution < 1.29 is 0 Å². The molecule has 1 rings (SSSR count). The normalized spacial score (nSPS) is 11.3. The zero-order chi connectivity index (χ0) is 14.1. The van der Waals surface area contributed by atoms with Gasteiger partial charge in [0.25, 0.3) is 0 Å². The van der Waals surface area contributed by atoms with Crippen LogP contribution in [-0.2, 0) is 0 Å². The second-order valence-corrected chi connectivity index (χ2v) is 4.77. The first kappa shape index (κ1) is 15.0. The molecule has 0 radical (unpaired) electrons. The third kappa shape index (κ3) is 5.39. The van der Waals surface area contributed by atoms with Crippen LogP contribution in [0.5, 0.6) is 0 Å². The van der Waals surface area contributed by atoms with E-state index < -0.39 is 0 Å². The van der Waals surface area contributed by atoms with E-state index in [1.165, 1.54) is 5.01 Å². The Morgan fingerprint density at radius 1 is 1.37 bits per heavy atom. The van der Waals surface area contributed by atoms with Gasteiger partial charge in [0.2, 0.25) is 0 Å². The van der Waals surface area contributed by atoms with Gasteiger partial charge in [-0.15, -0.1) is 11.5 Å². The van der Waals surface area contributed by atoms with Gasteiger partial charge in [-0.2, -0.15) is 0 Å². The van der Waals surface area contributed by atoms with E-state index in [9.17, 15) is 4.91 Å². The van der Waals surface area contributed by atoms with E-state index in [4.69, 9.17) is 0 Å². The summed E-state index contributed by atoms with van der Waals surface area (Å²) in [4.78, 5) is 10.9. The smallest absolute Gasteiger partial charge is 0.112 e. The van der Waals surface area contributed by atoms with Crippen LogP contribution in [0.25, 0.3) is 0 Å². The highest BCUT2D eigenvalue weighted by Gasteiger charge is 2.16. The highest BCUT2D eigenvalue weighted by molar-refractivity contribution is 5.34. The summed E-state index contributed by atoms with van der Waals surface area (Å²) < 4.78 is 0. The van der Waals surface area contributed by atoms with Gasteiger partial charge in [0.15, 0.2) is 0 Å². The molecule has 100 valence electrons. The SMILES string of the molecule is C=CCN(N=O)C(C#Cc1ccccc1)CC(C)C. The molecule has 1 aromatic carbocycles. The van der Waals surface area contributed by atoms with Gasteiger partial charge < -0.3 is 0 Å². The fraction of sp³-hybridized carbons (Fsp3) is 0.375. The number of hydrogen-bond donors (Lipinski definition) is 0. The highest BCUT2D eigenvalue weighted by atomic mass is 16.3. The van der Waals surface area contributed by atoms with Gasteiger partial charge in [-0.25, -0.2) is 5.01 Å². The maximum Gasteiger partial charge on any atom is 0.112 e. The lowest BCUT2D eigenvalue weighted by Crippen LogP contribution is -2.30. The molecular weight excluding hydrogens is 236 g/mol. The van der Waals surface area contributed by atoms with Crippen LogP contribution in [0, 0.1) is 22.7 Å². The lowest BCUT2D eigenvalue weighted by Gasteiger charge is -2.22. The third-order valence-electron chi connectivity index (χ3n) is 2.63. The average molecular weight is 256 g/mol. The van der Waals surface area contributed by atoms with Crippen molar-refractivity contribution in [3.05, 3.63) is 53.5 Å². The maximum absolute atomic E-state index is 10.9. The highest BCUT2D eigenvalue weighted by Crippen LogP contribution is 2.12. The molecule has 3 nitrogen and oxygen atoms in total. The molecule has 0 saturated heterocycles. The Labute approximate surface area is 115 Å². The molecule has 0 aliphatic rings. The van der Waals surface area contributed by atoms with Crippen molar-refractivity contribution in [2.45, 2.75) is 26.3 Å². The Hall–Kier alpha value is -2.08. The monoisotopic (exact) mass is 256 g/mol. The second kappa shape index (κ2) is 8.10. The number of rotatable bonds is 6. The summed E-state index contributed by atoms with van der Waals surface area (Å²) >= 11 is 0. The fourth-order valence-corrected chi connectivity index (χ4v) is 1.74. The van der Waals surface area contributed by atoms with E-state index in [2.05, 4.69) is 37.6 Å². The van der Waals surface area contributed by atoms with Crippen LogP contribution >= 0.6 is 0 Å². The Morgan fingerprint density at radius 2 is 2.05 bits per heavy atom. The zero-order valence-electron chi connectivity index (χ0n) is 11.5. The van der Waals surface area contributed by atoms with E-state index >= 15 is 0 Å². The predicted molar refractivity (Wildman–Crippen MR) is 79.3 cm³/mol. The number of nitroso groups, excluding NO2 is 1. The summed E-state index contributed by atoms with van der Waals surface area (Å²) in [6.45, 7) is 8.27. The molecule has 1 atom stereocenters. The average Bonchev–Trinajstić information content (AvgIpc) is 2.42. The number of nitrogens with zero attached hydrogens (tertiary/aromatic N) is 2. The van der Waals surface area contributed by atoms with E-state index in [1.54, 1.807) is 6.08 Å². The molecule has 0 fully saturated rings. The first-order valence-electron chi connectivity index (χ1n) is 6.44.